The maximum Gasteiger partial charge on any atom is 0.303 e. The van der Waals surface area contributed by atoms with E-state index in [1.54, 1.807) is 4.90 Å². The molecule has 1 atom stereocenters. The van der Waals surface area contributed by atoms with E-state index in [0.29, 0.717) is 24.2 Å². The Kier molecular flexibility index (Phi) is 4.50. The number of aliphatic carboxylic acids is 1. The van der Waals surface area contributed by atoms with Gasteiger partial charge in [0.25, 0.3) is 5.91 Å². The lowest BCUT2D eigenvalue weighted by Gasteiger charge is -2.35. The lowest BCUT2D eigenvalue weighted by molar-refractivity contribution is -0.137. The number of para-hydroxylation sites is 2. The van der Waals surface area contributed by atoms with Gasteiger partial charge < -0.3 is 10.0 Å². The van der Waals surface area contributed by atoms with Crippen LogP contribution in [0.5, 0.6) is 0 Å². The first-order valence-corrected chi connectivity index (χ1v) is 7.89. The monoisotopic (exact) mass is 313 g/mol. The highest BCUT2D eigenvalue weighted by Crippen LogP contribution is 2.23. The van der Waals surface area contributed by atoms with Gasteiger partial charge in [0.15, 0.2) is 0 Å². The number of hydrogen-bond acceptors (Lipinski definition) is 4. The van der Waals surface area contributed by atoms with E-state index in [-0.39, 0.29) is 18.4 Å². The van der Waals surface area contributed by atoms with E-state index in [0.717, 1.165) is 24.8 Å². The highest BCUT2D eigenvalue weighted by atomic mass is 16.4. The Hall–Kier alpha value is -2.50. The van der Waals surface area contributed by atoms with E-state index in [4.69, 9.17) is 5.11 Å². The molecule has 1 fully saturated rings. The number of hydrogen-bond donors (Lipinski definition) is 1. The number of piperidine rings is 1. The summed E-state index contributed by atoms with van der Waals surface area (Å²) in [6, 6.07) is 7.40. The molecule has 120 valence electrons. The topological polar surface area (TPSA) is 83.4 Å². The van der Waals surface area contributed by atoms with E-state index in [1.165, 1.54) is 6.20 Å². The fourth-order valence-corrected chi connectivity index (χ4v) is 3.07. The maximum absolute atomic E-state index is 12.8. The molecule has 1 saturated heterocycles. The highest BCUT2D eigenvalue weighted by molar-refractivity contribution is 5.94. The van der Waals surface area contributed by atoms with Crippen LogP contribution < -0.4 is 0 Å². The molecule has 6 nitrogen and oxygen atoms in total. The predicted octanol–water partition coefficient (Wildman–Crippen LogP) is 2.49. The average Bonchev–Trinajstić information content (AvgIpc) is 2.59. The number of carbonyl (C=O) groups is 2. The van der Waals surface area contributed by atoms with Gasteiger partial charge in [0.05, 0.1) is 17.2 Å². The zero-order valence-corrected chi connectivity index (χ0v) is 12.8. The molecule has 0 aliphatic carbocycles. The third-order valence-corrected chi connectivity index (χ3v) is 4.25. The van der Waals surface area contributed by atoms with Crippen molar-refractivity contribution in [3.63, 3.8) is 0 Å². The van der Waals surface area contributed by atoms with Crippen LogP contribution in [-0.4, -0.2) is 44.4 Å². The molecular formula is C17H19N3O3. The van der Waals surface area contributed by atoms with E-state index in [9.17, 15) is 9.59 Å². The van der Waals surface area contributed by atoms with E-state index < -0.39 is 5.97 Å². The Morgan fingerprint density at radius 3 is 2.78 bits per heavy atom. The van der Waals surface area contributed by atoms with Crippen LogP contribution in [0.25, 0.3) is 11.0 Å². The minimum absolute atomic E-state index is 0.0272. The van der Waals surface area contributed by atoms with Crippen molar-refractivity contribution in [1.82, 2.24) is 14.9 Å². The molecule has 6 heteroatoms. The van der Waals surface area contributed by atoms with Gasteiger partial charge >= 0.3 is 5.97 Å². The zero-order valence-electron chi connectivity index (χ0n) is 12.8. The molecule has 1 N–H and O–H groups in total. The molecule has 3 rings (SSSR count). The van der Waals surface area contributed by atoms with Crippen LogP contribution in [0.2, 0.25) is 0 Å². The van der Waals surface area contributed by atoms with Crippen LogP contribution in [0, 0.1) is 0 Å². The number of carbonyl (C=O) groups excluding carboxylic acids is 1. The van der Waals surface area contributed by atoms with Crippen LogP contribution in [-0.2, 0) is 4.79 Å². The largest absolute Gasteiger partial charge is 0.481 e. The van der Waals surface area contributed by atoms with Crippen molar-refractivity contribution in [1.29, 1.82) is 0 Å². The zero-order chi connectivity index (χ0) is 16.2. The predicted molar refractivity (Wildman–Crippen MR) is 85.1 cm³/mol. The molecule has 1 aliphatic rings. The molecule has 2 heterocycles. The Morgan fingerprint density at radius 2 is 2.00 bits per heavy atom. The molecule has 2 aromatic rings. The van der Waals surface area contributed by atoms with Gasteiger partial charge in [-0.3, -0.25) is 14.6 Å². The van der Waals surface area contributed by atoms with E-state index in [1.807, 2.05) is 24.3 Å². The second-order valence-electron chi connectivity index (χ2n) is 5.82. The van der Waals surface area contributed by atoms with Gasteiger partial charge in [0, 0.05) is 19.0 Å². The third kappa shape index (κ3) is 3.47. The third-order valence-electron chi connectivity index (χ3n) is 4.25. The number of carboxylic acid groups (broad SMARTS) is 1. The Balaban J connectivity index is 1.81. The minimum Gasteiger partial charge on any atom is -0.481 e. The number of aromatic nitrogens is 2. The molecule has 0 radical (unpaired) electrons. The van der Waals surface area contributed by atoms with Crippen molar-refractivity contribution in [2.45, 2.75) is 38.1 Å². The summed E-state index contributed by atoms with van der Waals surface area (Å²) < 4.78 is 0. The van der Waals surface area contributed by atoms with Crippen molar-refractivity contribution in [3.05, 3.63) is 36.2 Å². The second-order valence-corrected chi connectivity index (χ2v) is 5.82. The van der Waals surface area contributed by atoms with Crippen molar-refractivity contribution < 1.29 is 14.7 Å². The second kappa shape index (κ2) is 6.73. The van der Waals surface area contributed by atoms with Crippen LogP contribution in [0.1, 0.15) is 42.6 Å². The van der Waals surface area contributed by atoms with Crippen LogP contribution in [0.4, 0.5) is 0 Å². The number of rotatable bonds is 4. The number of likely N-dealkylation sites (tertiary alicyclic amines) is 1. The first-order chi connectivity index (χ1) is 11.1. The molecule has 23 heavy (non-hydrogen) atoms. The molecule has 1 unspecified atom stereocenters. The molecule has 0 bridgehead atoms. The SMILES string of the molecule is O=C(O)CCC1CCCCN1C(=O)c1cnc2ccccc2n1. The van der Waals surface area contributed by atoms with Crippen molar-refractivity contribution in [3.8, 4) is 0 Å². The summed E-state index contributed by atoms with van der Waals surface area (Å²) in [5, 5.41) is 8.88. The lowest BCUT2D eigenvalue weighted by Crippen LogP contribution is -2.44. The first-order valence-electron chi connectivity index (χ1n) is 7.89. The summed E-state index contributed by atoms with van der Waals surface area (Å²) in [6.07, 6.45) is 4.89. The molecule has 1 aromatic heterocycles. The average molecular weight is 313 g/mol. The highest BCUT2D eigenvalue weighted by Gasteiger charge is 2.28. The lowest BCUT2D eigenvalue weighted by atomic mass is 9.97. The normalized spacial score (nSPS) is 18.1. The standard InChI is InChI=1S/C17H19N3O3/c21-16(22)9-8-12-5-3-4-10-20(12)17(23)15-11-18-13-6-1-2-7-14(13)19-15/h1-2,6-7,11-12H,3-5,8-10H2,(H,21,22). The Morgan fingerprint density at radius 1 is 1.22 bits per heavy atom. The van der Waals surface area contributed by atoms with Gasteiger partial charge in [-0.2, -0.15) is 0 Å². The first kappa shape index (κ1) is 15.4. The number of benzene rings is 1. The molecule has 1 amide bonds. The number of nitrogens with zero attached hydrogens (tertiary/aromatic N) is 3. The fraction of sp³-hybridized carbons (Fsp3) is 0.412. The summed E-state index contributed by atoms with van der Waals surface area (Å²) >= 11 is 0. The maximum atomic E-state index is 12.8. The van der Waals surface area contributed by atoms with Gasteiger partial charge in [-0.1, -0.05) is 12.1 Å². The van der Waals surface area contributed by atoms with E-state index in [2.05, 4.69) is 9.97 Å². The van der Waals surface area contributed by atoms with E-state index >= 15 is 0 Å². The quantitative estimate of drug-likeness (QED) is 0.937. The molecular weight excluding hydrogens is 294 g/mol. The number of amides is 1. The van der Waals surface area contributed by atoms with Crippen LogP contribution in [0.3, 0.4) is 0 Å². The summed E-state index contributed by atoms with van der Waals surface area (Å²) in [6.45, 7) is 0.650. The molecule has 0 saturated carbocycles. The van der Waals surface area contributed by atoms with Crippen molar-refractivity contribution in [2.75, 3.05) is 6.54 Å². The summed E-state index contributed by atoms with van der Waals surface area (Å²) in [5.41, 5.74) is 1.77. The van der Waals surface area contributed by atoms with Gasteiger partial charge in [-0.25, -0.2) is 4.98 Å². The van der Waals surface area contributed by atoms with Gasteiger partial charge in [0.1, 0.15) is 5.69 Å². The Bertz CT molecular complexity index is 732. The smallest absolute Gasteiger partial charge is 0.303 e. The van der Waals surface area contributed by atoms with Crippen LogP contribution >= 0.6 is 0 Å². The molecule has 1 aliphatic heterocycles. The van der Waals surface area contributed by atoms with Gasteiger partial charge in [-0.05, 0) is 37.8 Å². The number of fused-ring (bicyclic) bond motifs is 1. The molecule has 1 aromatic carbocycles. The summed E-state index contributed by atoms with van der Waals surface area (Å²) in [5.74, 6) is -0.980. The summed E-state index contributed by atoms with van der Waals surface area (Å²) in [7, 11) is 0. The van der Waals surface area contributed by atoms with Gasteiger partial charge in [0.2, 0.25) is 0 Å². The van der Waals surface area contributed by atoms with Crippen LogP contribution in [0.15, 0.2) is 30.5 Å². The number of carboxylic acids is 1. The minimum atomic E-state index is -0.825. The van der Waals surface area contributed by atoms with Gasteiger partial charge in [-0.15, -0.1) is 0 Å². The molecule has 0 spiro atoms. The van der Waals surface area contributed by atoms with Crippen molar-refractivity contribution >= 4 is 22.9 Å². The summed E-state index contributed by atoms with van der Waals surface area (Å²) in [4.78, 5) is 34.1. The van der Waals surface area contributed by atoms with Crippen molar-refractivity contribution in [2.24, 2.45) is 0 Å². The Labute approximate surface area is 134 Å². The fourth-order valence-electron chi connectivity index (χ4n) is 3.07.